The first-order valence-electron chi connectivity index (χ1n) is 13.4. The summed E-state index contributed by atoms with van der Waals surface area (Å²) < 4.78 is 11.9. The van der Waals surface area contributed by atoms with Gasteiger partial charge in [-0.2, -0.15) is 0 Å². The lowest BCUT2D eigenvalue weighted by Crippen LogP contribution is -2.55. The second-order valence-corrected chi connectivity index (χ2v) is 11.2. The highest BCUT2D eigenvalue weighted by atomic mass is 16.5. The summed E-state index contributed by atoms with van der Waals surface area (Å²) in [6.07, 6.45) is 4.54. The van der Waals surface area contributed by atoms with Gasteiger partial charge in [-0.1, -0.05) is 42.2 Å². The van der Waals surface area contributed by atoms with Crippen molar-refractivity contribution in [2.24, 2.45) is 5.92 Å². The van der Waals surface area contributed by atoms with Gasteiger partial charge in [0.1, 0.15) is 17.9 Å². The van der Waals surface area contributed by atoms with Gasteiger partial charge in [0.05, 0.1) is 17.6 Å². The number of likely N-dealkylation sites (tertiary alicyclic amines) is 1. The largest absolute Gasteiger partial charge is 0.488 e. The number of carbonyl (C=O) groups excluding carboxylic acids is 1. The number of benzene rings is 2. The normalized spacial score (nSPS) is 21.6. The zero-order valence-corrected chi connectivity index (χ0v) is 22.4. The maximum atomic E-state index is 13.2. The Labute approximate surface area is 218 Å². The average Bonchev–Trinajstić information content (AvgIpc) is 2.85. The second kappa shape index (κ2) is 9.97. The zero-order chi connectivity index (χ0) is 26.3. The molecule has 5 rings (SSSR count). The van der Waals surface area contributed by atoms with Gasteiger partial charge in [-0.3, -0.25) is 4.79 Å². The van der Waals surface area contributed by atoms with Gasteiger partial charge in [0.2, 0.25) is 5.91 Å². The number of aliphatic hydroxyl groups is 1. The van der Waals surface area contributed by atoms with Gasteiger partial charge in [-0.15, -0.1) is 0 Å². The Kier molecular flexibility index (Phi) is 6.88. The predicted octanol–water partition coefficient (Wildman–Crippen LogP) is 5.30. The Bertz CT molecular complexity index is 1390. The molecule has 6 heteroatoms. The maximum absolute atomic E-state index is 13.2. The van der Waals surface area contributed by atoms with Gasteiger partial charge < -0.3 is 19.2 Å². The molecule has 1 saturated heterocycles. The minimum atomic E-state index is -0.637. The second-order valence-electron chi connectivity index (χ2n) is 11.2. The van der Waals surface area contributed by atoms with E-state index in [-0.39, 0.29) is 18.2 Å². The summed E-state index contributed by atoms with van der Waals surface area (Å²) >= 11 is 0. The van der Waals surface area contributed by atoms with Crippen molar-refractivity contribution in [3.63, 3.8) is 0 Å². The van der Waals surface area contributed by atoms with E-state index in [1.807, 2.05) is 30.9 Å². The molecule has 0 unspecified atom stereocenters. The fourth-order valence-corrected chi connectivity index (χ4v) is 6.31. The number of aryl methyl sites for hydroxylation is 4. The molecule has 1 saturated carbocycles. The standard InChI is InChI=1S/C31H37NO5/c1-19-13-20(2)15-23(14-19)18-36-27-9-8-25-21(3)26(30(34)37-29(25)22(27)4)16-28(33)32-12-11-31(35)10-6-5-7-24(31)17-32/h8-9,13-15,24,35H,5-7,10-12,16-18H2,1-4H3/t24-,31+/m0/s1. The molecular weight excluding hydrogens is 466 g/mol. The third-order valence-corrected chi connectivity index (χ3v) is 8.44. The molecule has 6 nitrogen and oxygen atoms in total. The van der Waals surface area contributed by atoms with E-state index in [4.69, 9.17) is 9.15 Å². The number of ether oxygens (including phenoxy) is 1. The van der Waals surface area contributed by atoms with E-state index >= 15 is 0 Å². The van der Waals surface area contributed by atoms with Gasteiger partial charge >= 0.3 is 5.63 Å². The highest BCUT2D eigenvalue weighted by Gasteiger charge is 2.43. The molecule has 3 aromatic rings. The van der Waals surface area contributed by atoms with Gasteiger partial charge in [-0.05, 0) is 70.2 Å². The highest BCUT2D eigenvalue weighted by molar-refractivity contribution is 5.87. The molecule has 0 radical (unpaired) electrons. The van der Waals surface area contributed by atoms with Crippen molar-refractivity contribution >= 4 is 16.9 Å². The Morgan fingerprint density at radius 2 is 1.84 bits per heavy atom. The lowest BCUT2D eigenvalue weighted by molar-refractivity contribution is -0.142. The first-order chi connectivity index (χ1) is 17.6. The van der Waals surface area contributed by atoms with E-state index in [9.17, 15) is 14.7 Å². The smallest absolute Gasteiger partial charge is 0.340 e. The summed E-state index contributed by atoms with van der Waals surface area (Å²) in [6, 6.07) is 10.2. The van der Waals surface area contributed by atoms with E-state index in [1.165, 1.54) is 11.1 Å². The summed E-state index contributed by atoms with van der Waals surface area (Å²) in [4.78, 5) is 28.1. The summed E-state index contributed by atoms with van der Waals surface area (Å²) in [6.45, 7) is 9.43. The van der Waals surface area contributed by atoms with Crippen LogP contribution in [-0.2, 0) is 17.8 Å². The molecule has 1 aliphatic heterocycles. The van der Waals surface area contributed by atoms with Crippen LogP contribution in [0.25, 0.3) is 11.0 Å². The van der Waals surface area contributed by atoms with Crippen LogP contribution < -0.4 is 10.4 Å². The molecule has 1 aromatic heterocycles. The minimum Gasteiger partial charge on any atom is -0.488 e. The maximum Gasteiger partial charge on any atom is 0.340 e. The van der Waals surface area contributed by atoms with Crippen LogP contribution in [0.3, 0.4) is 0 Å². The minimum absolute atomic E-state index is 0.0132. The predicted molar refractivity (Wildman–Crippen MR) is 144 cm³/mol. The van der Waals surface area contributed by atoms with E-state index in [2.05, 4.69) is 32.0 Å². The average molecular weight is 504 g/mol. The fourth-order valence-electron chi connectivity index (χ4n) is 6.31. The third kappa shape index (κ3) is 5.04. The monoisotopic (exact) mass is 503 g/mol. The van der Waals surface area contributed by atoms with E-state index in [1.54, 1.807) is 0 Å². The molecular formula is C31H37NO5. The molecule has 2 aliphatic rings. The van der Waals surface area contributed by atoms with Crippen molar-refractivity contribution in [1.29, 1.82) is 0 Å². The Balaban J connectivity index is 1.35. The van der Waals surface area contributed by atoms with E-state index in [0.717, 1.165) is 47.8 Å². The Morgan fingerprint density at radius 1 is 1.08 bits per heavy atom. The topological polar surface area (TPSA) is 80.0 Å². The van der Waals surface area contributed by atoms with Gasteiger partial charge in [0.15, 0.2) is 0 Å². The first kappa shape index (κ1) is 25.5. The number of hydrogen-bond acceptors (Lipinski definition) is 5. The fraction of sp³-hybridized carbons (Fsp3) is 0.484. The van der Waals surface area contributed by atoms with Crippen LogP contribution in [0.5, 0.6) is 5.75 Å². The molecule has 2 heterocycles. The molecule has 2 aromatic carbocycles. The molecule has 2 atom stereocenters. The third-order valence-electron chi connectivity index (χ3n) is 8.44. The van der Waals surface area contributed by atoms with Gasteiger partial charge in [0.25, 0.3) is 0 Å². The van der Waals surface area contributed by atoms with Crippen molar-refractivity contribution in [2.75, 3.05) is 13.1 Å². The van der Waals surface area contributed by atoms with Crippen LogP contribution in [0.1, 0.15) is 65.5 Å². The first-order valence-corrected chi connectivity index (χ1v) is 13.4. The van der Waals surface area contributed by atoms with E-state index < -0.39 is 11.2 Å². The molecule has 196 valence electrons. The van der Waals surface area contributed by atoms with Gasteiger partial charge in [-0.25, -0.2) is 4.79 Å². The van der Waals surface area contributed by atoms with Crippen LogP contribution in [0, 0.1) is 33.6 Å². The van der Waals surface area contributed by atoms with Crippen molar-refractivity contribution in [3.8, 4) is 5.75 Å². The van der Waals surface area contributed by atoms with Crippen molar-refractivity contribution in [2.45, 2.75) is 78.4 Å². The summed E-state index contributed by atoms with van der Waals surface area (Å²) in [5, 5.41) is 11.8. The number of piperidine rings is 1. The number of rotatable bonds is 5. The number of fused-ring (bicyclic) bond motifs is 2. The number of hydrogen-bond donors (Lipinski definition) is 1. The molecule has 2 fully saturated rings. The molecule has 1 N–H and O–H groups in total. The van der Waals surface area contributed by atoms with Crippen molar-refractivity contribution in [3.05, 3.63) is 74.1 Å². The summed E-state index contributed by atoms with van der Waals surface area (Å²) in [5.74, 6) is 0.719. The van der Waals surface area contributed by atoms with Crippen LogP contribution in [0.2, 0.25) is 0 Å². The number of amides is 1. The number of nitrogens with zero attached hydrogens (tertiary/aromatic N) is 1. The quantitative estimate of drug-likeness (QED) is 0.478. The lowest BCUT2D eigenvalue weighted by Gasteiger charge is -2.47. The van der Waals surface area contributed by atoms with Crippen LogP contribution in [0.15, 0.2) is 39.5 Å². The molecule has 37 heavy (non-hydrogen) atoms. The van der Waals surface area contributed by atoms with Crippen LogP contribution in [-0.4, -0.2) is 34.6 Å². The molecule has 1 aliphatic carbocycles. The lowest BCUT2D eigenvalue weighted by atomic mass is 9.71. The Morgan fingerprint density at radius 3 is 2.59 bits per heavy atom. The van der Waals surface area contributed by atoms with E-state index in [0.29, 0.717) is 43.0 Å². The molecule has 0 spiro atoms. The number of carbonyl (C=O) groups is 1. The zero-order valence-electron chi connectivity index (χ0n) is 22.4. The van der Waals surface area contributed by atoms with Crippen molar-refractivity contribution in [1.82, 2.24) is 4.90 Å². The van der Waals surface area contributed by atoms with Crippen molar-refractivity contribution < 1.29 is 19.1 Å². The van der Waals surface area contributed by atoms with Crippen LogP contribution in [0.4, 0.5) is 0 Å². The molecule has 0 bridgehead atoms. The highest BCUT2D eigenvalue weighted by Crippen LogP contribution is 2.40. The summed E-state index contributed by atoms with van der Waals surface area (Å²) in [7, 11) is 0. The molecule has 1 amide bonds. The summed E-state index contributed by atoms with van der Waals surface area (Å²) in [5.41, 5.74) is 4.82. The van der Waals surface area contributed by atoms with Crippen LogP contribution >= 0.6 is 0 Å². The Hall–Kier alpha value is -3.12. The van der Waals surface area contributed by atoms with Gasteiger partial charge in [0, 0.05) is 30.0 Å². The SMILES string of the molecule is Cc1cc(C)cc(COc2ccc3c(C)c(CC(=O)N4CC[C@]5(O)CCCC[C@H]5C4)c(=O)oc3c2C)c1.